The molecule has 3 rings (SSSR count). The van der Waals surface area contributed by atoms with Crippen LogP contribution in [0.15, 0.2) is 23.2 Å². The molecular formula is C16H23N3O2. The van der Waals surface area contributed by atoms with Crippen molar-refractivity contribution in [3.63, 3.8) is 0 Å². The van der Waals surface area contributed by atoms with E-state index in [1.165, 1.54) is 31.2 Å². The number of benzene rings is 1. The van der Waals surface area contributed by atoms with E-state index in [4.69, 9.17) is 15.2 Å². The minimum Gasteiger partial charge on any atom is -0.486 e. The maximum atomic E-state index is 5.92. The Hall–Kier alpha value is -1.91. The van der Waals surface area contributed by atoms with E-state index >= 15 is 0 Å². The summed E-state index contributed by atoms with van der Waals surface area (Å²) in [7, 11) is 0. The molecule has 21 heavy (non-hydrogen) atoms. The van der Waals surface area contributed by atoms with Gasteiger partial charge < -0.3 is 20.5 Å². The normalized spacial score (nSPS) is 18.8. The van der Waals surface area contributed by atoms with Gasteiger partial charge in [-0.2, -0.15) is 0 Å². The minimum absolute atomic E-state index is 0.517. The first kappa shape index (κ1) is 14.0. The van der Waals surface area contributed by atoms with Crippen LogP contribution in [0.2, 0.25) is 0 Å². The van der Waals surface area contributed by atoms with E-state index in [9.17, 15) is 0 Å². The van der Waals surface area contributed by atoms with Crippen LogP contribution < -0.4 is 20.5 Å². The fourth-order valence-corrected chi connectivity index (χ4v) is 2.87. The van der Waals surface area contributed by atoms with Crippen molar-refractivity contribution in [2.45, 2.75) is 38.1 Å². The first-order valence-electron chi connectivity index (χ1n) is 7.76. The zero-order chi connectivity index (χ0) is 14.5. The number of nitrogens with one attached hydrogen (secondary N) is 1. The SMILES string of the molecule is NC(=NCCc1ccc2c(c1)OCCO2)NC1CCCC1. The molecule has 1 aliphatic heterocycles. The fourth-order valence-electron chi connectivity index (χ4n) is 2.87. The molecule has 3 N–H and O–H groups in total. The summed E-state index contributed by atoms with van der Waals surface area (Å²) in [6, 6.07) is 6.57. The van der Waals surface area contributed by atoms with Crippen LogP contribution in [-0.2, 0) is 6.42 Å². The van der Waals surface area contributed by atoms with Gasteiger partial charge in [0.25, 0.3) is 0 Å². The fraction of sp³-hybridized carbons (Fsp3) is 0.562. The average Bonchev–Trinajstić information content (AvgIpc) is 3.00. The molecule has 1 aromatic rings. The van der Waals surface area contributed by atoms with E-state index in [2.05, 4.69) is 16.4 Å². The molecule has 1 saturated carbocycles. The molecule has 114 valence electrons. The summed E-state index contributed by atoms with van der Waals surface area (Å²) in [5.74, 6) is 2.23. The predicted molar refractivity (Wildman–Crippen MR) is 83.0 cm³/mol. The minimum atomic E-state index is 0.517. The van der Waals surface area contributed by atoms with Crippen LogP contribution >= 0.6 is 0 Å². The Kier molecular flexibility index (Phi) is 4.48. The van der Waals surface area contributed by atoms with Crippen LogP contribution in [0.25, 0.3) is 0 Å². The van der Waals surface area contributed by atoms with Crippen molar-refractivity contribution in [3.8, 4) is 11.5 Å². The Morgan fingerprint density at radius 3 is 2.76 bits per heavy atom. The van der Waals surface area contributed by atoms with Gasteiger partial charge in [-0.3, -0.25) is 4.99 Å². The van der Waals surface area contributed by atoms with Gasteiger partial charge in [0, 0.05) is 12.6 Å². The molecule has 5 nitrogen and oxygen atoms in total. The lowest BCUT2D eigenvalue weighted by atomic mass is 10.1. The van der Waals surface area contributed by atoms with E-state index in [1.54, 1.807) is 0 Å². The summed E-state index contributed by atoms with van der Waals surface area (Å²) in [6.07, 6.45) is 5.85. The second-order valence-electron chi connectivity index (χ2n) is 5.62. The Morgan fingerprint density at radius 1 is 1.19 bits per heavy atom. The van der Waals surface area contributed by atoms with Crippen molar-refractivity contribution < 1.29 is 9.47 Å². The molecule has 0 bridgehead atoms. The van der Waals surface area contributed by atoms with Crippen molar-refractivity contribution in [2.24, 2.45) is 10.7 Å². The van der Waals surface area contributed by atoms with Gasteiger partial charge in [-0.1, -0.05) is 18.9 Å². The van der Waals surface area contributed by atoms with E-state index in [0.29, 0.717) is 31.8 Å². The van der Waals surface area contributed by atoms with Gasteiger partial charge in [-0.05, 0) is 37.0 Å². The highest BCUT2D eigenvalue weighted by molar-refractivity contribution is 5.78. The summed E-state index contributed by atoms with van der Waals surface area (Å²) in [5, 5.41) is 3.30. The van der Waals surface area contributed by atoms with Gasteiger partial charge in [-0.15, -0.1) is 0 Å². The number of rotatable bonds is 4. The lowest BCUT2D eigenvalue weighted by Gasteiger charge is -2.18. The molecule has 0 spiro atoms. The highest BCUT2D eigenvalue weighted by Crippen LogP contribution is 2.30. The van der Waals surface area contributed by atoms with Gasteiger partial charge in [-0.25, -0.2) is 0 Å². The first-order chi connectivity index (χ1) is 10.3. The van der Waals surface area contributed by atoms with Gasteiger partial charge in [0.2, 0.25) is 0 Å². The Balaban J connectivity index is 1.50. The Morgan fingerprint density at radius 2 is 1.95 bits per heavy atom. The second-order valence-corrected chi connectivity index (χ2v) is 5.62. The van der Waals surface area contributed by atoms with Crippen molar-refractivity contribution >= 4 is 5.96 Å². The Labute approximate surface area is 125 Å². The number of hydrogen-bond acceptors (Lipinski definition) is 3. The molecule has 0 atom stereocenters. The monoisotopic (exact) mass is 289 g/mol. The zero-order valence-electron chi connectivity index (χ0n) is 12.3. The molecule has 0 unspecified atom stereocenters. The summed E-state index contributed by atoms with van der Waals surface area (Å²) in [5.41, 5.74) is 7.11. The summed E-state index contributed by atoms with van der Waals surface area (Å²) in [6.45, 7) is 1.93. The number of nitrogens with zero attached hydrogens (tertiary/aromatic N) is 1. The largest absolute Gasteiger partial charge is 0.486 e. The molecule has 2 aliphatic rings. The maximum Gasteiger partial charge on any atom is 0.188 e. The molecular weight excluding hydrogens is 266 g/mol. The zero-order valence-corrected chi connectivity index (χ0v) is 12.3. The van der Waals surface area contributed by atoms with Crippen LogP contribution in [0.3, 0.4) is 0 Å². The molecule has 0 aromatic heterocycles. The Bertz CT molecular complexity index is 510. The standard InChI is InChI=1S/C16H23N3O2/c17-16(19-13-3-1-2-4-13)18-8-7-12-5-6-14-15(11-12)21-10-9-20-14/h5-6,11,13H,1-4,7-10H2,(H3,17,18,19). The van der Waals surface area contributed by atoms with E-state index < -0.39 is 0 Å². The van der Waals surface area contributed by atoms with Crippen molar-refractivity contribution in [2.75, 3.05) is 19.8 Å². The quantitative estimate of drug-likeness (QED) is 0.655. The van der Waals surface area contributed by atoms with E-state index in [0.717, 1.165) is 17.9 Å². The van der Waals surface area contributed by atoms with E-state index in [-0.39, 0.29) is 0 Å². The van der Waals surface area contributed by atoms with Gasteiger partial charge in [0.1, 0.15) is 13.2 Å². The van der Waals surface area contributed by atoms with Crippen LogP contribution in [0.5, 0.6) is 11.5 Å². The van der Waals surface area contributed by atoms with Crippen molar-refractivity contribution in [1.82, 2.24) is 5.32 Å². The maximum absolute atomic E-state index is 5.92. The highest BCUT2D eigenvalue weighted by atomic mass is 16.6. The number of guanidine groups is 1. The van der Waals surface area contributed by atoms with Crippen molar-refractivity contribution in [1.29, 1.82) is 0 Å². The molecule has 0 amide bonds. The van der Waals surface area contributed by atoms with Crippen LogP contribution in [0, 0.1) is 0 Å². The third-order valence-electron chi connectivity index (χ3n) is 4.00. The summed E-state index contributed by atoms with van der Waals surface area (Å²) < 4.78 is 11.1. The lowest BCUT2D eigenvalue weighted by molar-refractivity contribution is 0.171. The predicted octanol–water partition coefficient (Wildman–Crippen LogP) is 1.85. The number of ether oxygens (including phenoxy) is 2. The molecule has 1 aliphatic carbocycles. The number of fused-ring (bicyclic) bond motifs is 1. The molecule has 1 aromatic carbocycles. The van der Waals surface area contributed by atoms with Crippen LogP contribution in [0.4, 0.5) is 0 Å². The summed E-state index contributed by atoms with van der Waals surface area (Å²) >= 11 is 0. The topological polar surface area (TPSA) is 68.9 Å². The molecule has 1 fully saturated rings. The van der Waals surface area contributed by atoms with Crippen LogP contribution in [0.1, 0.15) is 31.2 Å². The average molecular weight is 289 g/mol. The highest BCUT2D eigenvalue weighted by Gasteiger charge is 2.15. The number of hydrogen-bond donors (Lipinski definition) is 2. The van der Waals surface area contributed by atoms with E-state index in [1.807, 2.05) is 12.1 Å². The lowest BCUT2D eigenvalue weighted by Crippen LogP contribution is -2.38. The van der Waals surface area contributed by atoms with Gasteiger partial charge in [0.05, 0.1) is 0 Å². The van der Waals surface area contributed by atoms with Gasteiger partial charge >= 0.3 is 0 Å². The molecule has 0 radical (unpaired) electrons. The van der Waals surface area contributed by atoms with Crippen LogP contribution in [-0.4, -0.2) is 31.8 Å². The molecule has 1 heterocycles. The number of nitrogens with two attached hydrogens (primary N) is 1. The van der Waals surface area contributed by atoms with Crippen molar-refractivity contribution in [3.05, 3.63) is 23.8 Å². The second kappa shape index (κ2) is 6.70. The summed E-state index contributed by atoms with van der Waals surface area (Å²) in [4.78, 5) is 4.41. The third-order valence-corrected chi connectivity index (χ3v) is 4.00. The smallest absolute Gasteiger partial charge is 0.188 e. The van der Waals surface area contributed by atoms with Gasteiger partial charge in [0.15, 0.2) is 17.5 Å². The molecule has 0 saturated heterocycles. The first-order valence-corrected chi connectivity index (χ1v) is 7.76. The molecule has 5 heteroatoms. The number of aliphatic imine (C=N–C) groups is 1. The third kappa shape index (κ3) is 3.80.